The summed E-state index contributed by atoms with van der Waals surface area (Å²) in [5.74, 6) is 2.70. The van der Waals surface area contributed by atoms with Crippen molar-refractivity contribution < 1.29 is 0 Å². The first kappa shape index (κ1) is 12.3. The summed E-state index contributed by atoms with van der Waals surface area (Å²) < 4.78 is 0. The van der Waals surface area contributed by atoms with Gasteiger partial charge in [0.1, 0.15) is 0 Å². The van der Waals surface area contributed by atoms with Gasteiger partial charge >= 0.3 is 0 Å². The topological polar surface area (TPSA) is 0 Å². The lowest BCUT2D eigenvalue weighted by molar-refractivity contribution is 0.347. The lowest BCUT2D eigenvalue weighted by Gasteiger charge is -2.28. The Morgan fingerprint density at radius 3 is 2.39 bits per heavy atom. The van der Waals surface area contributed by atoms with E-state index in [1.807, 2.05) is 0 Å². The standard InChI is InChI=1S/C18H26/c1-13-3-6-15(7-4-13)17-10-9-16-11-14(2)5-8-18(16)12-17/h9-10,12-15H,3-8,11H2,1-2H3/t13-,14?,15-. The average Bonchev–Trinajstić information content (AvgIpc) is 2.39. The third kappa shape index (κ3) is 2.48. The van der Waals surface area contributed by atoms with Crippen LogP contribution in [0.3, 0.4) is 0 Å². The number of hydrogen-bond acceptors (Lipinski definition) is 0. The summed E-state index contributed by atoms with van der Waals surface area (Å²) in [4.78, 5) is 0. The highest BCUT2D eigenvalue weighted by atomic mass is 14.3. The van der Waals surface area contributed by atoms with E-state index >= 15 is 0 Å². The Labute approximate surface area is 112 Å². The van der Waals surface area contributed by atoms with Crippen LogP contribution in [0.15, 0.2) is 18.2 Å². The number of rotatable bonds is 1. The summed E-state index contributed by atoms with van der Waals surface area (Å²) in [7, 11) is 0. The number of fused-ring (bicyclic) bond motifs is 1. The molecule has 0 amide bonds. The van der Waals surface area contributed by atoms with E-state index in [1.165, 1.54) is 44.9 Å². The third-order valence-electron chi connectivity index (χ3n) is 5.19. The molecular formula is C18H26. The van der Waals surface area contributed by atoms with E-state index in [4.69, 9.17) is 0 Å². The molecule has 0 N–H and O–H groups in total. The minimum Gasteiger partial charge on any atom is -0.0625 e. The molecule has 0 bridgehead atoms. The van der Waals surface area contributed by atoms with Crippen molar-refractivity contribution in [2.24, 2.45) is 11.8 Å². The predicted molar refractivity (Wildman–Crippen MR) is 78.0 cm³/mol. The first-order chi connectivity index (χ1) is 8.72. The number of benzene rings is 1. The van der Waals surface area contributed by atoms with E-state index in [0.29, 0.717) is 0 Å². The van der Waals surface area contributed by atoms with Crippen LogP contribution in [-0.4, -0.2) is 0 Å². The molecule has 1 fully saturated rings. The number of hydrogen-bond donors (Lipinski definition) is 0. The van der Waals surface area contributed by atoms with Crippen molar-refractivity contribution in [2.45, 2.75) is 64.7 Å². The van der Waals surface area contributed by atoms with Crippen LogP contribution in [0.4, 0.5) is 0 Å². The molecule has 1 saturated carbocycles. The van der Waals surface area contributed by atoms with Gasteiger partial charge in [0.05, 0.1) is 0 Å². The summed E-state index contributed by atoms with van der Waals surface area (Å²) in [6.45, 7) is 4.80. The van der Waals surface area contributed by atoms with Crippen molar-refractivity contribution in [3.8, 4) is 0 Å². The highest BCUT2D eigenvalue weighted by molar-refractivity contribution is 5.36. The molecule has 1 unspecified atom stereocenters. The van der Waals surface area contributed by atoms with Gasteiger partial charge in [-0.15, -0.1) is 0 Å². The predicted octanol–water partition coefficient (Wildman–Crippen LogP) is 5.11. The monoisotopic (exact) mass is 242 g/mol. The Balaban J connectivity index is 1.78. The maximum Gasteiger partial charge on any atom is -0.0162 e. The van der Waals surface area contributed by atoms with Gasteiger partial charge in [-0.2, -0.15) is 0 Å². The first-order valence-corrected chi connectivity index (χ1v) is 7.84. The maximum absolute atomic E-state index is 2.54. The maximum atomic E-state index is 2.54. The summed E-state index contributed by atoms with van der Waals surface area (Å²) in [5, 5.41) is 0. The zero-order valence-corrected chi connectivity index (χ0v) is 11.9. The van der Waals surface area contributed by atoms with E-state index in [2.05, 4.69) is 32.0 Å². The van der Waals surface area contributed by atoms with Crippen LogP contribution in [0.2, 0.25) is 0 Å². The molecule has 3 rings (SSSR count). The van der Waals surface area contributed by atoms with Gasteiger partial charge in [0, 0.05) is 0 Å². The lowest BCUT2D eigenvalue weighted by atomic mass is 9.77. The first-order valence-electron chi connectivity index (χ1n) is 7.84. The van der Waals surface area contributed by atoms with Crippen LogP contribution < -0.4 is 0 Å². The van der Waals surface area contributed by atoms with Crippen molar-refractivity contribution in [2.75, 3.05) is 0 Å². The fourth-order valence-electron chi connectivity index (χ4n) is 3.80. The fraction of sp³-hybridized carbons (Fsp3) is 0.667. The molecule has 1 aromatic rings. The zero-order valence-electron chi connectivity index (χ0n) is 11.9. The van der Waals surface area contributed by atoms with E-state index in [0.717, 1.165) is 17.8 Å². The molecule has 0 nitrogen and oxygen atoms in total. The van der Waals surface area contributed by atoms with Gasteiger partial charge in [-0.3, -0.25) is 0 Å². The Hall–Kier alpha value is -0.780. The highest BCUT2D eigenvalue weighted by Crippen LogP contribution is 2.37. The lowest BCUT2D eigenvalue weighted by Crippen LogP contribution is -2.14. The molecule has 0 radical (unpaired) electrons. The van der Waals surface area contributed by atoms with Crippen LogP contribution in [0, 0.1) is 11.8 Å². The Morgan fingerprint density at radius 1 is 0.833 bits per heavy atom. The van der Waals surface area contributed by atoms with Crippen molar-refractivity contribution in [1.29, 1.82) is 0 Å². The smallest absolute Gasteiger partial charge is 0.0162 e. The molecule has 2 aliphatic carbocycles. The van der Waals surface area contributed by atoms with Gasteiger partial charge in [0.25, 0.3) is 0 Å². The second-order valence-electron chi connectivity index (χ2n) is 6.83. The summed E-state index contributed by atoms with van der Waals surface area (Å²) in [6, 6.07) is 7.40. The van der Waals surface area contributed by atoms with Gasteiger partial charge in [-0.1, -0.05) is 44.9 Å². The summed E-state index contributed by atoms with van der Waals surface area (Å²) in [6.07, 6.45) is 9.69. The van der Waals surface area contributed by atoms with Gasteiger partial charge in [0.15, 0.2) is 0 Å². The minimum atomic E-state index is 0.853. The van der Waals surface area contributed by atoms with E-state index in [-0.39, 0.29) is 0 Å². The SMILES string of the molecule is CC1CCc2cc([C@H]3CC[C@H](C)CC3)ccc2C1. The van der Waals surface area contributed by atoms with Gasteiger partial charge in [0.2, 0.25) is 0 Å². The van der Waals surface area contributed by atoms with Crippen LogP contribution in [0.5, 0.6) is 0 Å². The van der Waals surface area contributed by atoms with Gasteiger partial charge < -0.3 is 0 Å². The molecule has 1 aromatic carbocycles. The Bertz CT molecular complexity index is 410. The molecule has 0 saturated heterocycles. The second-order valence-corrected chi connectivity index (χ2v) is 6.83. The van der Waals surface area contributed by atoms with E-state index in [9.17, 15) is 0 Å². The van der Waals surface area contributed by atoms with Crippen LogP contribution in [0.25, 0.3) is 0 Å². The van der Waals surface area contributed by atoms with E-state index in [1.54, 1.807) is 16.7 Å². The molecule has 0 heteroatoms. The molecule has 1 atom stereocenters. The quantitative estimate of drug-likeness (QED) is 0.642. The normalized spacial score (nSPS) is 32.0. The highest BCUT2D eigenvalue weighted by Gasteiger charge is 2.21. The summed E-state index contributed by atoms with van der Waals surface area (Å²) in [5.41, 5.74) is 4.92. The van der Waals surface area contributed by atoms with Crippen molar-refractivity contribution >= 4 is 0 Å². The Morgan fingerprint density at radius 2 is 1.61 bits per heavy atom. The van der Waals surface area contributed by atoms with Crippen LogP contribution in [0.1, 0.15) is 68.6 Å². The molecule has 0 heterocycles. The fourth-order valence-corrected chi connectivity index (χ4v) is 3.80. The van der Waals surface area contributed by atoms with Crippen molar-refractivity contribution in [3.63, 3.8) is 0 Å². The third-order valence-corrected chi connectivity index (χ3v) is 5.19. The van der Waals surface area contributed by atoms with Crippen molar-refractivity contribution in [3.05, 3.63) is 34.9 Å². The molecule has 0 spiro atoms. The van der Waals surface area contributed by atoms with Crippen LogP contribution in [-0.2, 0) is 12.8 Å². The molecule has 0 aliphatic heterocycles. The number of aryl methyl sites for hydroxylation is 1. The molecule has 18 heavy (non-hydrogen) atoms. The summed E-state index contributed by atoms with van der Waals surface area (Å²) >= 11 is 0. The minimum absolute atomic E-state index is 0.853. The van der Waals surface area contributed by atoms with Crippen molar-refractivity contribution in [1.82, 2.24) is 0 Å². The Kier molecular flexibility index (Phi) is 3.46. The molecule has 2 aliphatic rings. The van der Waals surface area contributed by atoms with Crippen LogP contribution >= 0.6 is 0 Å². The zero-order chi connectivity index (χ0) is 12.5. The second kappa shape index (κ2) is 5.07. The van der Waals surface area contributed by atoms with Gasteiger partial charge in [-0.25, -0.2) is 0 Å². The molecular weight excluding hydrogens is 216 g/mol. The average molecular weight is 242 g/mol. The van der Waals surface area contributed by atoms with E-state index < -0.39 is 0 Å². The van der Waals surface area contributed by atoms with Gasteiger partial charge in [-0.05, 0) is 66.5 Å². The molecule has 98 valence electrons. The largest absolute Gasteiger partial charge is 0.0625 e. The molecule has 0 aromatic heterocycles.